The predicted octanol–water partition coefficient (Wildman–Crippen LogP) is 4.55. The Balaban J connectivity index is 2.00. The second kappa shape index (κ2) is 7.28. The molecular weight excluding hydrogens is 258 g/mol. The number of nitrogens with one attached hydrogen (secondary N) is 1. The molecule has 0 aromatic heterocycles. The van der Waals surface area contributed by atoms with Crippen molar-refractivity contribution in [3.05, 3.63) is 64.7 Å². The highest BCUT2D eigenvalue weighted by atomic mass is 16.5. The first-order valence-corrected chi connectivity index (χ1v) is 7.62. The lowest BCUT2D eigenvalue weighted by molar-refractivity contribution is 0.339. The number of rotatable bonds is 6. The van der Waals surface area contributed by atoms with Gasteiger partial charge in [0.1, 0.15) is 5.75 Å². The van der Waals surface area contributed by atoms with Crippen molar-refractivity contribution in [2.75, 3.05) is 6.61 Å². The van der Waals surface area contributed by atoms with Crippen molar-refractivity contribution in [1.29, 1.82) is 0 Å². The van der Waals surface area contributed by atoms with Crippen molar-refractivity contribution in [3.63, 3.8) is 0 Å². The molecule has 21 heavy (non-hydrogen) atoms. The van der Waals surface area contributed by atoms with Crippen LogP contribution in [0.2, 0.25) is 0 Å². The SMILES string of the molecule is CCOc1cccc(CNC(C)c2ccc(C)cc2C)c1. The van der Waals surface area contributed by atoms with E-state index >= 15 is 0 Å². The minimum Gasteiger partial charge on any atom is -0.494 e. The highest BCUT2D eigenvalue weighted by Gasteiger charge is 2.08. The number of hydrogen-bond donors (Lipinski definition) is 1. The van der Waals surface area contributed by atoms with E-state index in [-0.39, 0.29) is 0 Å². The van der Waals surface area contributed by atoms with E-state index in [0.29, 0.717) is 12.6 Å². The first-order valence-electron chi connectivity index (χ1n) is 7.62. The van der Waals surface area contributed by atoms with Crippen LogP contribution in [0.4, 0.5) is 0 Å². The molecule has 0 radical (unpaired) electrons. The summed E-state index contributed by atoms with van der Waals surface area (Å²) >= 11 is 0. The van der Waals surface area contributed by atoms with Crippen LogP contribution in [-0.4, -0.2) is 6.61 Å². The van der Waals surface area contributed by atoms with Gasteiger partial charge in [-0.3, -0.25) is 0 Å². The van der Waals surface area contributed by atoms with Crippen molar-refractivity contribution in [1.82, 2.24) is 5.32 Å². The molecule has 0 aliphatic carbocycles. The van der Waals surface area contributed by atoms with Crippen molar-refractivity contribution < 1.29 is 4.74 Å². The van der Waals surface area contributed by atoms with Crippen LogP contribution in [0.1, 0.15) is 42.1 Å². The van der Waals surface area contributed by atoms with Crippen molar-refractivity contribution >= 4 is 0 Å². The topological polar surface area (TPSA) is 21.3 Å². The zero-order valence-electron chi connectivity index (χ0n) is 13.4. The summed E-state index contributed by atoms with van der Waals surface area (Å²) in [6.07, 6.45) is 0. The fraction of sp³-hybridized carbons (Fsp3) is 0.368. The summed E-state index contributed by atoms with van der Waals surface area (Å²) < 4.78 is 5.54. The van der Waals surface area contributed by atoms with Crippen LogP contribution in [0, 0.1) is 13.8 Å². The van der Waals surface area contributed by atoms with Gasteiger partial charge in [0.2, 0.25) is 0 Å². The zero-order valence-corrected chi connectivity index (χ0v) is 13.4. The minimum atomic E-state index is 0.335. The zero-order chi connectivity index (χ0) is 15.2. The molecule has 0 fully saturated rings. The molecule has 2 aromatic rings. The molecule has 0 aliphatic heterocycles. The smallest absolute Gasteiger partial charge is 0.119 e. The molecule has 2 aromatic carbocycles. The Bertz CT molecular complexity index is 592. The van der Waals surface area contributed by atoms with E-state index in [4.69, 9.17) is 4.74 Å². The summed E-state index contributed by atoms with van der Waals surface area (Å²) in [7, 11) is 0. The van der Waals surface area contributed by atoms with E-state index in [1.807, 2.05) is 19.1 Å². The average Bonchev–Trinajstić information content (AvgIpc) is 2.45. The summed E-state index contributed by atoms with van der Waals surface area (Å²) in [5.41, 5.74) is 5.27. The van der Waals surface area contributed by atoms with Gasteiger partial charge in [0, 0.05) is 12.6 Å². The molecule has 0 bridgehead atoms. The lowest BCUT2D eigenvalue weighted by Gasteiger charge is -2.17. The van der Waals surface area contributed by atoms with E-state index in [2.05, 4.69) is 56.4 Å². The molecule has 1 atom stereocenters. The average molecular weight is 283 g/mol. The monoisotopic (exact) mass is 283 g/mol. The fourth-order valence-corrected chi connectivity index (χ4v) is 2.60. The Morgan fingerprint density at radius 3 is 2.62 bits per heavy atom. The van der Waals surface area contributed by atoms with Crippen LogP contribution in [0.3, 0.4) is 0 Å². The molecule has 0 aliphatic rings. The van der Waals surface area contributed by atoms with E-state index in [1.54, 1.807) is 0 Å². The Kier molecular flexibility index (Phi) is 5.40. The molecule has 0 saturated carbocycles. The van der Waals surface area contributed by atoms with Gasteiger partial charge in [0.05, 0.1) is 6.61 Å². The second-order valence-electron chi connectivity index (χ2n) is 5.54. The summed E-state index contributed by atoms with van der Waals surface area (Å²) in [6.45, 7) is 10.1. The van der Waals surface area contributed by atoms with Gasteiger partial charge in [-0.05, 0) is 56.5 Å². The summed E-state index contributed by atoms with van der Waals surface area (Å²) in [5, 5.41) is 3.59. The maximum absolute atomic E-state index is 5.54. The highest BCUT2D eigenvalue weighted by Crippen LogP contribution is 2.20. The Morgan fingerprint density at radius 1 is 1.10 bits per heavy atom. The molecule has 2 heteroatoms. The van der Waals surface area contributed by atoms with Gasteiger partial charge in [0.15, 0.2) is 0 Å². The van der Waals surface area contributed by atoms with Crippen LogP contribution in [-0.2, 0) is 6.54 Å². The van der Waals surface area contributed by atoms with Gasteiger partial charge >= 0.3 is 0 Å². The van der Waals surface area contributed by atoms with E-state index in [1.165, 1.54) is 22.3 Å². The van der Waals surface area contributed by atoms with Crippen molar-refractivity contribution in [2.45, 2.75) is 40.3 Å². The van der Waals surface area contributed by atoms with Gasteiger partial charge in [0.25, 0.3) is 0 Å². The third-order valence-corrected chi connectivity index (χ3v) is 3.71. The quantitative estimate of drug-likeness (QED) is 0.839. The molecule has 2 nitrogen and oxygen atoms in total. The molecule has 0 saturated heterocycles. The van der Waals surface area contributed by atoms with Gasteiger partial charge in [-0.15, -0.1) is 0 Å². The molecule has 112 valence electrons. The number of benzene rings is 2. The third-order valence-electron chi connectivity index (χ3n) is 3.71. The maximum atomic E-state index is 5.54. The third kappa shape index (κ3) is 4.33. The molecule has 0 heterocycles. The van der Waals surface area contributed by atoms with Crippen LogP contribution < -0.4 is 10.1 Å². The number of aryl methyl sites for hydroxylation is 2. The second-order valence-corrected chi connectivity index (χ2v) is 5.54. The summed E-state index contributed by atoms with van der Waals surface area (Å²) in [4.78, 5) is 0. The lowest BCUT2D eigenvalue weighted by Crippen LogP contribution is -2.19. The van der Waals surface area contributed by atoms with E-state index < -0.39 is 0 Å². The number of ether oxygens (including phenoxy) is 1. The lowest BCUT2D eigenvalue weighted by atomic mass is 10.00. The first kappa shape index (κ1) is 15.6. The molecule has 0 amide bonds. The Labute approximate surface area is 128 Å². The molecular formula is C19H25NO. The molecule has 0 spiro atoms. The van der Waals surface area contributed by atoms with Gasteiger partial charge in [-0.25, -0.2) is 0 Å². The Hall–Kier alpha value is -1.80. The van der Waals surface area contributed by atoms with Crippen LogP contribution >= 0.6 is 0 Å². The van der Waals surface area contributed by atoms with E-state index in [0.717, 1.165) is 12.3 Å². The summed E-state index contributed by atoms with van der Waals surface area (Å²) in [6, 6.07) is 15.2. The highest BCUT2D eigenvalue weighted by molar-refractivity contribution is 5.33. The molecule has 1 unspecified atom stereocenters. The van der Waals surface area contributed by atoms with Crippen molar-refractivity contribution in [2.24, 2.45) is 0 Å². The summed E-state index contributed by atoms with van der Waals surface area (Å²) in [5.74, 6) is 0.941. The predicted molar refractivity (Wildman–Crippen MR) is 88.8 cm³/mol. The van der Waals surface area contributed by atoms with Gasteiger partial charge in [-0.2, -0.15) is 0 Å². The minimum absolute atomic E-state index is 0.335. The van der Waals surface area contributed by atoms with Crippen molar-refractivity contribution in [3.8, 4) is 5.75 Å². The van der Waals surface area contributed by atoms with Crippen LogP contribution in [0.5, 0.6) is 5.75 Å². The molecule has 2 rings (SSSR count). The maximum Gasteiger partial charge on any atom is 0.119 e. The first-order chi connectivity index (χ1) is 10.1. The standard InChI is InChI=1S/C19H25NO/c1-5-21-18-8-6-7-17(12-18)13-20-16(4)19-10-9-14(2)11-15(19)3/h6-12,16,20H,5,13H2,1-4H3. The largest absolute Gasteiger partial charge is 0.494 e. The fourth-order valence-electron chi connectivity index (χ4n) is 2.60. The molecule has 1 N–H and O–H groups in total. The van der Waals surface area contributed by atoms with Gasteiger partial charge < -0.3 is 10.1 Å². The van der Waals surface area contributed by atoms with Crippen LogP contribution in [0.15, 0.2) is 42.5 Å². The van der Waals surface area contributed by atoms with E-state index in [9.17, 15) is 0 Å². The Morgan fingerprint density at radius 2 is 1.90 bits per heavy atom. The van der Waals surface area contributed by atoms with Gasteiger partial charge in [-0.1, -0.05) is 35.9 Å². The normalized spacial score (nSPS) is 12.2. The number of hydrogen-bond acceptors (Lipinski definition) is 2. The van der Waals surface area contributed by atoms with Crippen LogP contribution in [0.25, 0.3) is 0 Å².